The summed E-state index contributed by atoms with van der Waals surface area (Å²) < 4.78 is 6.61. The molecular weight excluding hydrogens is 294 g/mol. The molecule has 0 spiro atoms. The zero-order valence-electron chi connectivity index (χ0n) is 10.7. The van der Waals surface area contributed by atoms with E-state index in [2.05, 4.69) is 52.2 Å². The van der Waals surface area contributed by atoms with E-state index in [1.54, 1.807) is 0 Å². The molecule has 4 nitrogen and oxygen atoms in total. The first kappa shape index (κ1) is 13.2. The van der Waals surface area contributed by atoms with E-state index in [-0.39, 0.29) is 5.54 Å². The highest BCUT2D eigenvalue weighted by Gasteiger charge is 2.13. The van der Waals surface area contributed by atoms with Gasteiger partial charge >= 0.3 is 0 Å². The van der Waals surface area contributed by atoms with Gasteiger partial charge in [-0.1, -0.05) is 22.0 Å². The van der Waals surface area contributed by atoms with Crippen LogP contribution in [0.5, 0.6) is 0 Å². The second kappa shape index (κ2) is 5.20. The van der Waals surface area contributed by atoms with Crippen LogP contribution in [0.4, 0.5) is 0 Å². The van der Waals surface area contributed by atoms with E-state index in [1.807, 2.05) is 24.3 Å². The molecular formula is C13H16BrN3O. The van der Waals surface area contributed by atoms with Crippen molar-refractivity contribution in [1.82, 2.24) is 15.5 Å². The fraction of sp³-hybridized carbons (Fsp3) is 0.385. The Hall–Kier alpha value is -1.20. The molecule has 0 aliphatic heterocycles. The van der Waals surface area contributed by atoms with Crippen LogP contribution in [0.15, 0.2) is 33.2 Å². The first-order chi connectivity index (χ1) is 8.44. The SMILES string of the molecule is CC(C)(C)NCc1nnc(-c2cccc(Br)c2)o1. The van der Waals surface area contributed by atoms with Gasteiger partial charge in [0.05, 0.1) is 6.54 Å². The van der Waals surface area contributed by atoms with Gasteiger partial charge in [-0.2, -0.15) is 0 Å². The molecule has 0 unspecified atom stereocenters. The van der Waals surface area contributed by atoms with Crippen LogP contribution in [0.1, 0.15) is 26.7 Å². The fourth-order valence-corrected chi connectivity index (χ4v) is 1.80. The molecule has 5 heteroatoms. The van der Waals surface area contributed by atoms with Crippen molar-refractivity contribution in [3.05, 3.63) is 34.6 Å². The van der Waals surface area contributed by atoms with Crippen LogP contribution in [0.2, 0.25) is 0 Å². The third-order valence-electron chi connectivity index (χ3n) is 2.31. The first-order valence-electron chi connectivity index (χ1n) is 5.77. The third-order valence-corrected chi connectivity index (χ3v) is 2.80. The normalized spacial score (nSPS) is 11.8. The Morgan fingerprint density at radius 3 is 2.72 bits per heavy atom. The monoisotopic (exact) mass is 309 g/mol. The van der Waals surface area contributed by atoms with Gasteiger partial charge in [0.1, 0.15) is 0 Å². The minimum atomic E-state index is 0.0322. The Balaban J connectivity index is 2.11. The van der Waals surface area contributed by atoms with Crippen LogP contribution >= 0.6 is 15.9 Å². The third kappa shape index (κ3) is 3.65. The summed E-state index contributed by atoms with van der Waals surface area (Å²) in [6.45, 7) is 6.86. The highest BCUT2D eigenvalue weighted by molar-refractivity contribution is 9.10. The zero-order chi connectivity index (χ0) is 13.2. The Bertz CT molecular complexity index is 531. The van der Waals surface area contributed by atoms with Crippen LogP contribution in [-0.2, 0) is 6.54 Å². The van der Waals surface area contributed by atoms with Crippen LogP contribution < -0.4 is 5.32 Å². The summed E-state index contributed by atoms with van der Waals surface area (Å²) in [6.07, 6.45) is 0. The smallest absolute Gasteiger partial charge is 0.247 e. The molecule has 96 valence electrons. The second-order valence-corrected chi connectivity index (χ2v) is 6.03. The van der Waals surface area contributed by atoms with Crippen molar-refractivity contribution >= 4 is 15.9 Å². The second-order valence-electron chi connectivity index (χ2n) is 5.11. The van der Waals surface area contributed by atoms with Crippen molar-refractivity contribution in [3.63, 3.8) is 0 Å². The van der Waals surface area contributed by atoms with Gasteiger partial charge in [0.2, 0.25) is 11.8 Å². The average Bonchev–Trinajstić information content (AvgIpc) is 2.74. The van der Waals surface area contributed by atoms with Crippen molar-refractivity contribution in [2.75, 3.05) is 0 Å². The number of benzene rings is 1. The Morgan fingerprint density at radius 1 is 1.28 bits per heavy atom. The molecule has 1 N–H and O–H groups in total. The van der Waals surface area contributed by atoms with Gasteiger partial charge < -0.3 is 9.73 Å². The van der Waals surface area contributed by atoms with E-state index < -0.39 is 0 Å². The number of hydrogen-bond donors (Lipinski definition) is 1. The molecule has 0 radical (unpaired) electrons. The van der Waals surface area contributed by atoms with Crippen molar-refractivity contribution in [2.24, 2.45) is 0 Å². The maximum absolute atomic E-state index is 5.61. The molecule has 0 atom stereocenters. The Kier molecular flexibility index (Phi) is 3.82. The van der Waals surface area contributed by atoms with Crippen molar-refractivity contribution < 1.29 is 4.42 Å². The van der Waals surface area contributed by atoms with E-state index in [4.69, 9.17) is 4.42 Å². The fourth-order valence-electron chi connectivity index (χ4n) is 1.40. The van der Waals surface area contributed by atoms with Crippen molar-refractivity contribution in [2.45, 2.75) is 32.9 Å². The van der Waals surface area contributed by atoms with Gasteiger partial charge in [-0.15, -0.1) is 10.2 Å². The molecule has 0 amide bonds. The van der Waals surface area contributed by atoms with Gasteiger partial charge in [0.15, 0.2) is 0 Å². The predicted octanol–water partition coefficient (Wildman–Crippen LogP) is 3.39. The van der Waals surface area contributed by atoms with Gasteiger partial charge in [0, 0.05) is 15.6 Å². The molecule has 1 heterocycles. The number of aromatic nitrogens is 2. The largest absolute Gasteiger partial charge is 0.419 e. The number of nitrogens with one attached hydrogen (secondary N) is 1. The van der Waals surface area contributed by atoms with Gasteiger partial charge in [-0.25, -0.2) is 0 Å². The molecule has 0 fully saturated rings. The highest BCUT2D eigenvalue weighted by Crippen LogP contribution is 2.21. The lowest BCUT2D eigenvalue weighted by Gasteiger charge is -2.18. The summed E-state index contributed by atoms with van der Waals surface area (Å²) >= 11 is 3.42. The van der Waals surface area contributed by atoms with Crippen LogP contribution in [0.3, 0.4) is 0 Å². The summed E-state index contributed by atoms with van der Waals surface area (Å²) in [7, 11) is 0. The molecule has 0 saturated carbocycles. The highest BCUT2D eigenvalue weighted by atomic mass is 79.9. The van der Waals surface area contributed by atoms with Crippen LogP contribution in [0, 0.1) is 0 Å². The molecule has 1 aromatic heterocycles. The van der Waals surface area contributed by atoms with Gasteiger partial charge in [-0.3, -0.25) is 0 Å². The minimum Gasteiger partial charge on any atom is -0.419 e. The lowest BCUT2D eigenvalue weighted by atomic mass is 10.1. The molecule has 2 rings (SSSR count). The van der Waals surface area contributed by atoms with E-state index in [0.29, 0.717) is 18.3 Å². The Labute approximate surface area is 115 Å². The number of halogens is 1. The van der Waals surface area contributed by atoms with Gasteiger partial charge in [0.25, 0.3) is 0 Å². The number of nitrogens with zero attached hydrogens (tertiary/aromatic N) is 2. The lowest BCUT2D eigenvalue weighted by Crippen LogP contribution is -2.35. The number of rotatable bonds is 3. The van der Waals surface area contributed by atoms with E-state index in [0.717, 1.165) is 10.0 Å². The molecule has 18 heavy (non-hydrogen) atoms. The average molecular weight is 310 g/mol. The first-order valence-corrected chi connectivity index (χ1v) is 6.57. The van der Waals surface area contributed by atoms with E-state index in [1.165, 1.54) is 0 Å². The topological polar surface area (TPSA) is 51.0 Å². The van der Waals surface area contributed by atoms with Crippen LogP contribution in [0.25, 0.3) is 11.5 Å². The summed E-state index contributed by atoms with van der Waals surface area (Å²) in [4.78, 5) is 0. The standard InChI is InChI=1S/C13H16BrN3O/c1-13(2,3)15-8-11-16-17-12(18-11)9-5-4-6-10(14)7-9/h4-7,15H,8H2,1-3H3. The quantitative estimate of drug-likeness (QED) is 0.944. The maximum Gasteiger partial charge on any atom is 0.247 e. The summed E-state index contributed by atoms with van der Waals surface area (Å²) in [5.41, 5.74) is 0.948. The molecule has 0 bridgehead atoms. The molecule has 0 aliphatic rings. The maximum atomic E-state index is 5.61. The van der Waals surface area contributed by atoms with E-state index in [9.17, 15) is 0 Å². The predicted molar refractivity (Wildman–Crippen MR) is 74.0 cm³/mol. The number of hydrogen-bond acceptors (Lipinski definition) is 4. The summed E-state index contributed by atoms with van der Waals surface area (Å²) in [5, 5.41) is 11.4. The summed E-state index contributed by atoms with van der Waals surface area (Å²) in [5.74, 6) is 1.14. The lowest BCUT2D eigenvalue weighted by molar-refractivity contribution is 0.383. The molecule has 2 aromatic rings. The molecule has 0 saturated heterocycles. The molecule has 0 aliphatic carbocycles. The van der Waals surface area contributed by atoms with Crippen molar-refractivity contribution in [3.8, 4) is 11.5 Å². The van der Waals surface area contributed by atoms with Gasteiger partial charge in [-0.05, 0) is 39.0 Å². The van der Waals surface area contributed by atoms with Crippen LogP contribution in [-0.4, -0.2) is 15.7 Å². The zero-order valence-corrected chi connectivity index (χ0v) is 12.3. The summed E-state index contributed by atoms with van der Waals surface area (Å²) in [6, 6.07) is 7.80. The minimum absolute atomic E-state index is 0.0322. The van der Waals surface area contributed by atoms with Crippen molar-refractivity contribution in [1.29, 1.82) is 0 Å². The molecule has 1 aromatic carbocycles. The Morgan fingerprint density at radius 2 is 2.06 bits per heavy atom. The van der Waals surface area contributed by atoms with E-state index >= 15 is 0 Å².